The number of nitriles is 1. The monoisotopic (exact) mass is 1110 g/mol. The van der Waals surface area contributed by atoms with E-state index in [4.69, 9.17) is 12.0 Å². The van der Waals surface area contributed by atoms with Crippen molar-refractivity contribution < 1.29 is 18.1 Å². The van der Waals surface area contributed by atoms with Crippen molar-refractivity contribution >= 4 is 146 Å². The fourth-order valence-corrected chi connectivity index (χ4v) is 14.8. The molecule has 0 spiro atoms. The van der Waals surface area contributed by atoms with Crippen LogP contribution in [-0.2, 0) is 10.8 Å². The van der Waals surface area contributed by atoms with Gasteiger partial charge in [-0.2, -0.15) is 5.26 Å². The summed E-state index contributed by atoms with van der Waals surface area (Å²) in [5, 5.41) is 19.7. The third-order valence-electron chi connectivity index (χ3n) is 17.2. The lowest BCUT2D eigenvalue weighted by atomic mass is 9.82. The van der Waals surface area contributed by atoms with Gasteiger partial charge in [-0.1, -0.05) is 181 Å². The second kappa shape index (κ2) is 17.1. The predicted molar refractivity (Wildman–Crippen MR) is 352 cm³/mol. The maximum Gasteiger partial charge on any atom is 0.237 e. The molecule has 6 heterocycles. The topological polar surface area (TPSA) is 61.0 Å². The van der Waals surface area contributed by atoms with E-state index in [-0.39, 0.29) is 82.9 Å². The van der Waals surface area contributed by atoms with Crippen molar-refractivity contribution in [2.24, 2.45) is 0 Å². The Kier molecular flexibility index (Phi) is 7.96. The molecule has 0 bridgehead atoms. The second-order valence-corrected chi connectivity index (χ2v) is 24.9. The number of thiophene rings is 1. The van der Waals surface area contributed by atoms with Gasteiger partial charge in [0.2, 0.25) is 5.69 Å². The van der Waals surface area contributed by atoms with E-state index in [1.54, 1.807) is 11.3 Å². The van der Waals surface area contributed by atoms with Crippen LogP contribution in [0.15, 0.2) is 210 Å². The van der Waals surface area contributed by atoms with Gasteiger partial charge >= 0.3 is 0 Å². The lowest BCUT2D eigenvalue weighted by Crippen LogP contribution is -2.15. The SMILES string of the molecule is [2H]c1c([2H])c([2H])c2c(oc3c2c([2H])c([2H])c2c4c([2H])c([2H])c([2H])c([2H])c4n(-c4c(C#N)c(-n5c6ccccc6c6ccccc65)c(-n5c6ccc(C(C)(C)C)cc6c6cc(C(C)(C)C)c7c8ccccc8sc7c65)c(-n5c6ccccc6c6ccccc65)c4[N+]#[C-])c32)c1[2H]. The highest BCUT2D eigenvalue weighted by atomic mass is 32.1. The highest BCUT2D eigenvalue weighted by Gasteiger charge is 2.37. The number of rotatable bonds is 4. The molecular weight excluding hydrogens is 1040 g/mol. The van der Waals surface area contributed by atoms with Gasteiger partial charge in [0.05, 0.1) is 97.4 Å². The number of benzene rings is 11. The molecule has 17 rings (SSSR count). The molecule has 7 nitrogen and oxygen atoms in total. The van der Waals surface area contributed by atoms with E-state index >= 15 is 0 Å². The first kappa shape index (κ1) is 39.1. The van der Waals surface area contributed by atoms with E-state index < -0.39 is 60.4 Å². The van der Waals surface area contributed by atoms with E-state index in [2.05, 4.69) is 110 Å². The zero-order chi connectivity index (χ0) is 65.4. The van der Waals surface area contributed by atoms with Crippen LogP contribution in [-0.4, -0.2) is 18.3 Å². The maximum atomic E-state index is 13.1. The Labute approximate surface area is 501 Å². The molecule has 0 N–H and O–H groups in total. The van der Waals surface area contributed by atoms with Gasteiger partial charge in [0, 0.05) is 69.3 Å². The Hall–Kier alpha value is -10.4. The van der Waals surface area contributed by atoms with Gasteiger partial charge in [0.1, 0.15) is 11.7 Å². The molecule has 0 saturated carbocycles. The van der Waals surface area contributed by atoms with Crippen LogP contribution in [0.25, 0.3) is 157 Å². The van der Waals surface area contributed by atoms with Crippen LogP contribution < -0.4 is 0 Å². The molecule has 0 fully saturated rings. The van der Waals surface area contributed by atoms with Crippen molar-refractivity contribution in [2.45, 2.75) is 52.4 Å². The van der Waals surface area contributed by atoms with Crippen LogP contribution in [0.2, 0.25) is 0 Å². The molecule has 17 aromatic rings. The maximum absolute atomic E-state index is 13.1. The molecular formula is C76H52N6OS. The van der Waals surface area contributed by atoms with Crippen LogP contribution in [0.1, 0.15) is 71.9 Å². The van der Waals surface area contributed by atoms with E-state index in [1.807, 2.05) is 97.1 Å². The second-order valence-electron chi connectivity index (χ2n) is 23.8. The van der Waals surface area contributed by atoms with Crippen molar-refractivity contribution in [1.82, 2.24) is 18.3 Å². The van der Waals surface area contributed by atoms with Crippen LogP contribution in [0.5, 0.6) is 0 Å². The highest BCUT2D eigenvalue weighted by Crippen LogP contribution is 2.55. The summed E-state index contributed by atoms with van der Waals surface area (Å²) in [5.74, 6) is 0. The fraction of sp³-hybridized carbons (Fsp3) is 0.105. The molecule has 0 atom stereocenters. The van der Waals surface area contributed by atoms with Gasteiger partial charge in [-0.3, -0.25) is 0 Å². The van der Waals surface area contributed by atoms with Crippen molar-refractivity contribution in [3.05, 3.63) is 234 Å². The number of nitrogens with zero attached hydrogens (tertiary/aromatic N) is 6. The summed E-state index contributed by atoms with van der Waals surface area (Å²) in [5.41, 5.74) is 5.43. The molecule has 0 amide bonds. The Morgan fingerprint density at radius 2 is 1.02 bits per heavy atom. The van der Waals surface area contributed by atoms with Gasteiger partial charge < -0.3 is 22.7 Å². The van der Waals surface area contributed by atoms with Crippen molar-refractivity contribution in [2.75, 3.05) is 0 Å². The first-order valence-corrected chi connectivity index (χ1v) is 28.7. The molecule has 0 aliphatic heterocycles. The Morgan fingerprint density at radius 1 is 0.476 bits per heavy atom. The molecule has 11 aromatic carbocycles. The molecule has 0 unspecified atom stereocenters. The summed E-state index contributed by atoms with van der Waals surface area (Å²) >= 11 is 1.68. The average Bonchev–Trinajstić information content (AvgIpc) is 1.51. The Morgan fingerprint density at radius 3 is 1.64 bits per heavy atom. The first-order valence-electron chi connectivity index (χ1n) is 32.9. The predicted octanol–water partition coefficient (Wildman–Crippen LogP) is 21.4. The highest BCUT2D eigenvalue weighted by molar-refractivity contribution is 7.26. The number of hydrogen-bond donors (Lipinski definition) is 0. The zero-order valence-corrected chi connectivity index (χ0v) is 47.2. The van der Waals surface area contributed by atoms with Gasteiger partial charge in [-0.25, -0.2) is 4.85 Å². The summed E-state index contributed by atoms with van der Waals surface area (Å²) in [4.78, 5) is 4.71. The van der Waals surface area contributed by atoms with Gasteiger partial charge in [0.25, 0.3) is 0 Å². The first-order chi connectivity index (χ1) is 45.1. The lowest BCUT2D eigenvalue weighted by molar-refractivity contribution is 0.591. The summed E-state index contributed by atoms with van der Waals surface area (Å²) in [6, 6.07) is 46.0. The molecule has 0 aliphatic carbocycles. The smallest absolute Gasteiger partial charge is 0.237 e. The summed E-state index contributed by atoms with van der Waals surface area (Å²) in [6.07, 6.45) is 0. The number of para-hydroxylation sites is 6. The minimum atomic E-state index is -0.661. The van der Waals surface area contributed by atoms with Crippen LogP contribution >= 0.6 is 11.3 Å². The number of furan rings is 1. The Bertz CT molecular complexity index is 6230. The number of aromatic nitrogens is 4. The van der Waals surface area contributed by atoms with E-state index in [0.29, 0.717) is 27.8 Å². The molecule has 0 radical (unpaired) electrons. The standard InChI is InChI=1S/C76H52N6OS/c1-75(2,3)43-36-39-62-53(40-43)54-41-56(76(4,5)6)65-52-28-14-21-35-64(52)84-74(65)70(54)82(62)72-68(79-57-29-15-8-22-44(57)45-23-9-16-30-58(45)79)55(42-77)67(66(78-7)71(72)80-59-31-17-10-24-46(59)47-25-11-18-32-60(47)80)81-61-33-19-12-26-48(61)50-37-38-51-49-27-13-20-34-63(49)83-73(51)69(50)81/h8-41H,1-6H3/i12D,13D,19D,20D,26D,27D,33D,34D,37D,38D. The summed E-state index contributed by atoms with van der Waals surface area (Å²) in [6.45, 7) is 23.4. The molecule has 84 heavy (non-hydrogen) atoms. The van der Waals surface area contributed by atoms with E-state index in [1.165, 1.54) is 4.57 Å². The third-order valence-corrected chi connectivity index (χ3v) is 18.3. The molecule has 6 aromatic heterocycles. The third kappa shape index (κ3) is 6.38. The van der Waals surface area contributed by atoms with Gasteiger partial charge in [-0.05, 0) is 88.6 Å². The molecule has 0 aliphatic rings. The average molecular weight is 1110 g/mol. The Balaban J connectivity index is 1.25. The quantitative estimate of drug-likeness (QED) is 0.165. The van der Waals surface area contributed by atoms with Gasteiger partial charge in [-0.15, -0.1) is 11.3 Å². The number of hydrogen-bond acceptors (Lipinski definition) is 3. The minimum absolute atomic E-state index is 0.126. The molecule has 0 saturated heterocycles. The lowest BCUT2D eigenvalue weighted by Gasteiger charge is -2.28. The van der Waals surface area contributed by atoms with Crippen molar-refractivity contribution in [1.29, 1.82) is 5.26 Å². The van der Waals surface area contributed by atoms with Gasteiger partial charge in [0.15, 0.2) is 5.58 Å². The zero-order valence-electron chi connectivity index (χ0n) is 56.4. The molecule has 398 valence electrons. The van der Waals surface area contributed by atoms with Crippen molar-refractivity contribution in [3.63, 3.8) is 0 Å². The number of fused-ring (bicyclic) bond motifs is 20. The normalized spacial score (nSPS) is 14.3. The van der Waals surface area contributed by atoms with Crippen LogP contribution in [0.3, 0.4) is 0 Å². The fourth-order valence-electron chi connectivity index (χ4n) is 13.5. The largest absolute Gasteiger partial charge is 0.454 e. The van der Waals surface area contributed by atoms with Crippen LogP contribution in [0, 0.1) is 17.9 Å². The summed E-state index contributed by atoms with van der Waals surface area (Å²) in [7, 11) is 0. The minimum Gasteiger partial charge on any atom is -0.454 e. The van der Waals surface area contributed by atoms with E-state index in [0.717, 1.165) is 74.6 Å². The molecule has 8 heteroatoms. The summed E-state index contributed by atoms with van der Waals surface area (Å²) < 4.78 is 111. The van der Waals surface area contributed by atoms with Crippen LogP contribution in [0.4, 0.5) is 5.69 Å². The van der Waals surface area contributed by atoms with E-state index in [9.17, 15) is 22.8 Å². The van der Waals surface area contributed by atoms with Crippen molar-refractivity contribution in [3.8, 4) is 28.8 Å².